The van der Waals surface area contributed by atoms with Gasteiger partial charge in [-0.25, -0.2) is 4.39 Å². The van der Waals surface area contributed by atoms with Crippen molar-refractivity contribution >= 4 is 11.5 Å². The van der Waals surface area contributed by atoms with Gasteiger partial charge in [-0.3, -0.25) is 4.79 Å². The molecule has 1 saturated heterocycles. The Labute approximate surface area is 153 Å². The van der Waals surface area contributed by atoms with Gasteiger partial charge < -0.3 is 10.2 Å². The fourth-order valence-electron chi connectivity index (χ4n) is 3.92. The van der Waals surface area contributed by atoms with Crippen LogP contribution in [0.2, 0.25) is 0 Å². The third kappa shape index (κ3) is 3.42. The number of halogens is 1. The van der Waals surface area contributed by atoms with E-state index in [1.54, 1.807) is 12.1 Å². The molecule has 2 aliphatic rings. The highest BCUT2D eigenvalue weighted by Crippen LogP contribution is 2.28. The van der Waals surface area contributed by atoms with Gasteiger partial charge in [-0.2, -0.15) is 0 Å². The molecule has 4 rings (SSSR count). The molecule has 1 N–H and O–H groups in total. The standard InChI is InChI=1S/C22H23FN2O/c23-19-7-5-16(6-8-19)17-10-13-25(14-11-17)22(26)21-4-2-1-3-20(21)18-9-12-24-15-18/h1-8,10,18,24H,9,11-15H2. The van der Waals surface area contributed by atoms with Gasteiger partial charge in [0.15, 0.2) is 0 Å². The second kappa shape index (κ2) is 7.42. The predicted octanol–water partition coefficient (Wildman–Crippen LogP) is 3.83. The maximum Gasteiger partial charge on any atom is 0.254 e. The third-order valence-electron chi connectivity index (χ3n) is 5.40. The highest BCUT2D eigenvalue weighted by atomic mass is 19.1. The molecular weight excluding hydrogens is 327 g/mol. The van der Waals surface area contributed by atoms with Crippen molar-refractivity contribution in [2.45, 2.75) is 18.8 Å². The third-order valence-corrected chi connectivity index (χ3v) is 5.40. The van der Waals surface area contributed by atoms with E-state index in [0.717, 1.165) is 42.6 Å². The Morgan fingerprint density at radius 3 is 2.62 bits per heavy atom. The van der Waals surface area contributed by atoms with Crippen LogP contribution >= 0.6 is 0 Å². The fraction of sp³-hybridized carbons (Fsp3) is 0.318. The normalized spacial score (nSPS) is 20.1. The summed E-state index contributed by atoms with van der Waals surface area (Å²) in [6, 6.07) is 14.6. The number of carbonyl (C=O) groups excluding carboxylic acids is 1. The number of nitrogens with zero attached hydrogens (tertiary/aromatic N) is 1. The first-order chi connectivity index (χ1) is 12.7. The van der Waals surface area contributed by atoms with E-state index in [4.69, 9.17) is 0 Å². The fourth-order valence-corrected chi connectivity index (χ4v) is 3.92. The molecule has 134 valence electrons. The molecule has 2 aromatic carbocycles. The SMILES string of the molecule is O=C(c1ccccc1C1CCNC1)N1CC=C(c2ccc(F)cc2)CC1. The summed E-state index contributed by atoms with van der Waals surface area (Å²) >= 11 is 0. The maximum absolute atomic E-state index is 13.1. The van der Waals surface area contributed by atoms with Crippen molar-refractivity contribution in [1.29, 1.82) is 0 Å². The van der Waals surface area contributed by atoms with Gasteiger partial charge in [0.05, 0.1) is 0 Å². The molecule has 0 aliphatic carbocycles. The first-order valence-corrected chi connectivity index (χ1v) is 9.26. The molecule has 2 aliphatic heterocycles. The minimum Gasteiger partial charge on any atom is -0.335 e. The number of rotatable bonds is 3. The van der Waals surface area contributed by atoms with Gasteiger partial charge in [-0.05, 0) is 60.2 Å². The Hall–Kier alpha value is -2.46. The van der Waals surface area contributed by atoms with E-state index in [0.29, 0.717) is 19.0 Å². The molecule has 1 fully saturated rings. The Bertz CT molecular complexity index is 822. The van der Waals surface area contributed by atoms with E-state index in [-0.39, 0.29) is 11.7 Å². The van der Waals surface area contributed by atoms with Gasteiger partial charge in [-0.1, -0.05) is 36.4 Å². The van der Waals surface area contributed by atoms with E-state index >= 15 is 0 Å². The van der Waals surface area contributed by atoms with Crippen molar-refractivity contribution in [2.24, 2.45) is 0 Å². The van der Waals surface area contributed by atoms with Crippen molar-refractivity contribution < 1.29 is 9.18 Å². The van der Waals surface area contributed by atoms with Gasteiger partial charge in [-0.15, -0.1) is 0 Å². The van der Waals surface area contributed by atoms with Gasteiger partial charge in [0.1, 0.15) is 5.82 Å². The average molecular weight is 350 g/mol. The molecular formula is C22H23FN2O. The van der Waals surface area contributed by atoms with Crippen LogP contribution in [0.5, 0.6) is 0 Å². The van der Waals surface area contributed by atoms with Crippen molar-refractivity contribution in [3.63, 3.8) is 0 Å². The number of nitrogens with one attached hydrogen (secondary N) is 1. The summed E-state index contributed by atoms with van der Waals surface area (Å²) < 4.78 is 13.1. The lowest BCUT2D eigenvalue weighted by atomic mass is 9.92. The number of hydrogen-bond donors (Lipinski definition) is 1. The van der Waals surface area contributed by atoms with Crippen molar-refractivity contribution in [3.8, 4) is 0 Å². The smallest absolute Gasteiger partial charge is 0.254 e. The quantitative estimate of drug-likeness (QED) is 0.912. The molecule has 0 bridgehead atoms. The first-order valence-electron chi connectivity index (χ1n) is 9.26. The molecule has 4 heteroatoms. The number of hydrogen-bond acceptors (Lipinski definition) is 2. The first kappa shape index (κ1) is 17.0. The van der Waals surface area contributed by atoms with E-state index in [1.165, 1.54) is 17.7 Å². The van der Waals surface area contributed by atoms with Crippen LogP contribution in [-0.4, -0.2) is 37.0 Å². The van der Waals surface area contributed by atoms with Crippen LogP contribution in [-0.2, 0) is 0 Å². The largest absolute Gasteiger partial charge is 0.335 e. The topological polar surface area (TPSA) is 32.3 Å². The maximum atomic E-state index is 13.1. The Balaban J connectivity index is 1.51. The summed E-state index contributed by atoms with van der Waals surface area (Å²) in [6.45, 7) is 3.25. The van der Waals surface area contributed by atoms with Crippen LogP contribution in [0.4, 0.5) is 4.39 Å². The molecule has 2 heterocycles. The molecule has 1 amide bonds. The van der Waals surface area contributed by atoms with Crippen LogP contribution in [0.15, 0.2) is 54.6 Å². The zero-order chi connectivity index (χ0) is 17.9. The van der Waals surface area contributed by atoms with E-state index in [9.17, 15) is 9.18 Å². The summed E-state index contributed by atoms with van der Waals surface area (Å²) in [7, 11) is 0. The highest BCUT2D eigenvalue weighted by Gasteiger charge is 2.25. The predicted molar refractivity (Wildman–Crippen MR) is 102 cm³/mol. The van der Waals surface area contributed by atoms with Crippen LogP contribution < -0.4 is 5.32 Å². The molecule has 26 heavy (non-hydrogen) atoms. The average Bonchev–Trinajstić information content (AvgIpc) is 3.23. The summed E-state index contributed by atoms with van der Waals surface area (Å²) in [5.41, 5.74) is 4.22. The summed E-state index contributed by atoms with van der Waals surface area (Å²) in [5, 5.41) is 3.38. The number of amides is 1. The lowest BCUT2D eigenvalue weighted by Crippen LogP contribution is -2.35. The lowest BCUT2D eigenvalue weighted by Gasteiger charge is -2.28. The van der Waals surface area contributed by atoms with Crippen LogP contribution in [0.1, 0.15) is 40.2 Å². The number of benzene rings is 2. The van der Waals surface area contributed by atoms with Crippen molar-refractivity contribution in [2.75, 3.05) is 26.2 Å². The summed E-state index contributed by atoms with van der Waals surface area (Å²) in [5.74, 6) is 0.312. The molecule has 1 atom stereocenters. The van der Waals surface area contributed by atoms with E-state index < -0.39 is 0 Å². The lowest BCUT2D eigenvalue weighted by molar-refractivity contribution is 0.0771. The Morgan fingerprint density at radius 2 is 1.92 bits per heavy atom. The van der Waals surface area contributed by atoms with E-state index in [2.05, 4.69) is 17.5 Å². The highest BCUT2D eigenvalue weighted by molar-refractivity contribution is 5.96. The number of carbonyl (C=O) groups is 1. The van der Waals surface area contributed by atoms with Gasteiger partial charge in [0.25, 0.3) is 5.91 Å². The minimum absolute atomic E-state index is 0.113. The summed E-state index contributed by atoms with van der Waals surface area (Å²) in [4.78, 5) is 15.0. The van der Waals surface area contributed by atoms with Crippen molar-refractivity contribution in [1.82, 2.24) is 10.2 Å². The molecule has 2 aromatic rings. The minimum atomic E-state index is -0.222. The van der Waals surface area contributed by atoms with Crippen LogP contribution in [0.25, 0.3) is 5.57 Å². The monoisotopic (exact) mass is 350 g/mol. The second-order valence-electron chi connectivity index (χ2n) is 7.01. The zero-order valence-corrected chi connectivity index (χ0v) is 14.7. The van der Waals surface area contributed by atoms with Gasteiger partial charge in [0, 0.05) is 25.2 Å². The molecule has 0 saturated carbocycles. The molecule has 0 spiro atoms. The van der Waals surface area contributed by atoms with E-state index in [1.807, 2.05) is 23.1 Å². The second-order valence-corrected chi connectivity index (χ2v) is 7.01. The molecule has 3 nitrogen and oxygen atoms in total. The molecule has 1 unspecified atom stereocenters. The Kier molecular flexibility index (Phi) is 4.85. The van der Waals surface area contributed by atoms with Gasteiger partial charge in [0.2, 0.25) is 0 Å². The zero-order valence-electron chi connectivity index (χ0n) is 14.7. The van der Waals surface area contributed by atoms with Gasteiger partial charge >= 0.3 is 0 Å². The van der Waals surface area contributed by atoms with Crippen molar-refractivity contribution in [3.05, 3.63) is 77.1 Å². The molecule has 0 radical (unpaired) electrons. The summed E-state index contributed by atoms with van der Waals surface area (Å²) in [6.07, 6.45) is 3.97. The van der Waals surface area contributed by atoms with Crippen LogP contribution in [0.3, 0.4) is 0 Å². The van der Waals surface area contributed by atoms with Crippen LogP contribution in [0, 0.1) is 5.82 Å². The Morgan fingerprint density at radius 1 is 1.12 bits per heavy atom. The molecule has 0 aromatic heterocycles.